The van der Waals surface area contributed by atoms with Crippen molar-refractivity contribution in [3.05, 3.63) is 60.4 Å². The molecule has 28 heavy (non-hydrogen) atoms. The first-order chi connectivity index (χ1) is 12.3. The van der Waals surface area contributed by atoms with Crippen LogP contribution in [0.5, 0.6) is 0 Å². The number of rotatable bonds is 3. The molecule has 3 heterocycles. The Morgan fingerprint density at radius 1 is 0.750 bits per heavy atom. The highest BCUT2D eigenvalue weighted by Crippen LogP contribution is 2.20. The quantitative estimate of drug-likeness (QED) is 0.643. The maximum atomic E-state index is 4.43. The minimum atomic E-state index is 0. The van der Waals surface area contributed by atoms with Crippen molar-refractivity contribution in [2.24, 2.45) is 0 Å². The lowest BCUT2D eigenvalue weighted by atomic mass is 10.1. The van der Waals surface area contributed by atoms with Gasteiger partial charge in [-0.05, 0) is 25.1 Å². The molecule has 0 unspecified atom stereocenters. The van der Waals surface area contributed by atoms with Gasteiger partial charge in [0, 0.05) is 44.1 Å². The average molecular weight is 423 g/mol. The molecule has 0 atom stereocenters. The van der Waals surface area contributed by atoms with Crippen LogP contribution in [0.3, 0.4) is 0 Å². The summed E-state index contributed by atoms with van der Waals surface area (Å²) < 4.78 is 0. The molecule has 0 aliphatic carbocycles. The van der Waals surface area contributed by atoms with Crippen molar-refractivity contribution in [1.82, 2.24) is 20.2 Å². The first-order valence-electron chi connectivity index (χ1n) is 8.47. The molecule has 2 N–H and O–H groups in total. The summed E-state index contributed by atoms with van der Waals surface area (Å²) in [5, 5.41) is 8.83. The lowest BCUT2D eigenvalue weighted by Crippen LogP contribution is -2.47. The summed E-state index contributed by atoms with van der Waals surface area (Å²) in [6.45, 7) is 5.61. The first-order valence-corrected chi connectivity index (χ1v) is 8.47. The van der Waals surface area contributed by atoms with E-state index in [-0.39, 0.29) is 30.3 Å². The molecule has 4 rings (SSSR count). The van der Waals surface area contributed by atoms with Crippen molar-refractivity contribution < 1.29 is 5.48 Å². The summed E-state index contributed by atoms with van der Waals surface area (Å²) in [6, 6.07) is 14.3. The first kappa shape index (κ1) is 23.6. The molecular weight excluding hydrogens is 399 g/mol. The van der Waals surface area contributed by atoms with Crippen molar-refractivity contribution in [2.45, 2.75) is 6.92 Å². The summed E-state index contributed by atoms with van der Waals surface area (Å²) >= 11 is 0. The number of halogens is 2. The second kappa shape index (κ2) is 10.8. The van der Waals surface area contributed by atoms with Crippen LogP contribution in [-0.4, -0.2) is 51.8 Å². The van der Waals surface area contributed by atoms with E-state index in [0.717, 1.165) is 49.2 Å². The fourth-order valence-corrected chi connectivity index (χ4v) is 2.96. The Morgan fingerprint density at radius 3 is 1.93 bits per heavy atom. The molecule has 7 nitrogen and oxygen atoms in total. The Morgan fingerprint density at radius 2 is 1.36 bits per heavy atom. The molecule has 0 radical (unpaired) electrons. The molecule has 0 spiro atoms. The van der Waals surface area contributed by atoms with Gasteiger partial charge in [-0.25, -0.2) is 9.97 Å². The van der Waals surface area contributed by atoms with E-state index in [1.807, 2.05) is 12.1 Å². The van der Waals surface area contributed by atoms with Crippen molar-refractivity contribution in [3.8, 4) is 11.3 Å². The van der Waals surface area contributed by atoms with Gasteiger partial charge in [-0.1, -0.05) is 29.8 Å². The van der Waals surface area contributed by atoms with Gasteiger partial charge in [0.2, 0.25) is 5.95 Å². The lowest BCUT2D eigenvalue weighted by molar-refractivity contribution is 0.631. The number of piperazine rings is 1. The third-order valence-electron chi connectivity index (χ3n) is 4.44. The minimum Gasteiger partial charge on any atom is -0.412 e. The van der Waals surface area contributed by atoms with Gasteiger partial charge in [-0.2, -0.15) is 0 Å². The van der Waals surface area contributed by atoms with Crippen LogP contribution in [0.4, 0.5) is 11.8 Å². The zero-order chi connectivity index (χ0) is 17.1. The van der Waals surface area contributed by atoms with Crippen LogP contribution in [0, 0.1) is 6.92 Å². The molecule has 1 saturated heterocycles. The van der Waals surface area contributed by atoms with Crippen LogP contribution < -0.4 is 9.80 Å². The highest BCUT2D eigenvalue weighted by molar-refractivity contribution is 5.85. The third kappa shape index (κ3) is 5.28. The molecule has 2 aromatic heterocycles. The number of hydrogen-bond donors (Lipinski definition) is 0. The van der Waals surface area contributed by atoms with Crippen molar-refractivity contribution >= 4 is 36.6 Å². The van der Waals surface area contributed by atoms with Gasteiger partial charge >= 0.3 is 0 Å². The fraction of sp³-hybridized carbons (Fsp3) is 0.263. The van der Waals surface area contributed by atoms with Crippen molar-refractivity contribution in [2.75, 3.05) is 36.0 Å². The summed E-state index contributed by atoms with van der Waals surface area (Å²) in [5.41, 5.74) is 3.24. The van der Waals surface area contributed by atoms with Crippen LogP contribution in [0.25, 0.3) is 11.3 Å². The zero-order valence-corrected chi connectivity index (χ0v) is 17.2. The van der Waals surface area contributed by atoms with Gasteiger partial charge in [0.15, 0.2) is 5.82 Å². The lowest BCUT2D eigenvalue weighted by Gasteiger charge is -2.35. The summed E-state index contributed by atoms with van der Waals surface area (Å²) in [7, 11) is 0. The highest BCUT2D eigenvalue weighted by Gasteiger charge is 2.20. The number of nitrogens with zero attached hydrogens (tertiary/aromatic N) is 6. The summed E-state index contributed by atoms with van der Waals surface area (Å²) in [5.74, 6) is 1.72. The molecule has 0 saturated carbocycles. The van der Waals surface area contributed by atoms with E-state index >= 15 is 0 Å². The number of hydrogen-bond acceptors (Lipinski definition) is 6. The standard InChI is InChI=1S/C19H20N6.2ClH.H2O/c1-15-3-5-16(6-4-15)17-7-8-18(23-22-17)24-11-13-25(14-12-24)19-20-9-2-10-21-19;;;/h2-10H,11-14H2,1H3;2*1H;1H2. The highest BCUT2D eigenvalue weighted by atomic mass is 35.5. The molecular formula is C19H24Cl2N6O. The van der Waals surface area contributed by atoms with E-state index in [9.17, 15) is 0 Å². The fourth-order valence-electron chi connectivity index (χ4n) is 2.96. The van der Waals surface area contributed by atoms with Crippen LogP contribution in [0.15, 0.2) is 54.9 Å². The molecule has 1 aromatic carbocycles. The van der Waals surface area contributed by atoms with E-state index in [4.69, 9.17) is 0 Å². The molecule has 1 aliphatic heterocycles. The molecule has 3 aromatic rings. The van der Waals surface area contributed by atoms with E-state index in [1.165, 1.54) is 5.56 Å². The van der Waals surface area contributed by atoms with Crippen molar-refractivity contribution in [1.29, 1.82) is 0 Å². The van der Waals surface area contributed by atoms with Crippen LogP contribution in [0.2, 0.25) is 0 Å². The number of aromatic nitrogens is 4. The Bertz CT molecular complexity index is 825. The van der Waals surface area contributed by atoms with E-state index < -0.39 is 0 Å². The third-order valence-corrected chi connectivity index (χ3v) is 4.44. The topological polar surface area (TPSA) is 89.5 Å². The molecule has 9 heteroatoms. The van der Waals surface area contributed by atoms with E-state index in [2.05, 4.69) is 67.2 Å². The predicted molar refractivity (Wildman–Crippen MR) is 117 cm³/mol. The van der Waals surface area contributed by atoms with Gasteiger partial charge in [0.05, 0.1) is 5.69 Å². The number of aryl methyl sites for hydroxylation is 1. The maximum absolute atomic E-state index is 4.43. The Hall–Kier alpha value is -2.48. The second-order valence-corrected chi connectivity index (χ2v) is 6.17. The molecule has 0 amide bonds. The van der Waals surface area contributed by atoms with Gasteiger partial charge in [-0.3, -0.25) is 0 Å². The zero-order valence-electron chi connectivity index (χ0n) is 15.5. The average Bonchev–Trinajstić information content (AvgIpc) is 2.70. The molecule has 150 valence electrons. The molecule has 1 fully saturated rings. The Kier molecular flexibility index (Phi) is 9.05. The SMILES string of the molecule is Cc1ccc(-c2ccc(N3CCN(c4ncccn4)CC3)nn2)cc1.Cl.Cl.O. The van der Waals surface area contributed by atoms with Crippen LogP contribution >= 0.6 is 24.8 Å². The monoisotopic (exact) mass is 422 g/mol. The van der Waals surface area contributed by atoms with Gasteiger partial charge in [0.1, 0.15) is 0 Å². The Balaban J connectivity index is 0.00000131. The molecule has 0 bridgehead atoms. The van der Waals surface area contributed by atoms with Crippen molar-refractivity contribution in [3.63, 3.8) is 0 Å². The largest absolute Gasteiger partial charge is 0.412 e. The van der Waals surface area contributed by atoms with Gasteiger partial charge in [0.25, 0.3) is 0 Å². The molecule has 1 aliphatic rings. The van der Waals surface area contributed by atoms with Gasteiger partial charge < -0.3 is 15.3 Å². The van der Waals surface area contributed by atoms with E-state index in [1.54, 1.807) is 12.4 Å². The number of benzene rings is 1. The predicted octanol–water partition coefficient (Wildman–Crippen LogP) is 2.59. The van der Waals surface area contributed by atoms with Crippen LogP contribution in [-0.2, 0) is 0 Å². The maximum Gasteiger partial charge on any atom is 0.225 e. The summed E-state index contributed by atoms with van der Waals surface area (Å²) in [6.07, 6.45) is 3.56. The summed E-state index contributed by atoms with van der Waals surface area (Å²) in [4.78, 5) is 13.1. The Labute approximate surface area is 177 Å². The van der Waals surface area contributed by atoms with Gasteiger partial charge in [-0.15, -0.1) is 35.0 Å². The number of anilines is 2. The second-order valence-electron chi connectivity index (χ2n) is 6.17. The van der Waals surface area contributed by atoms with Crippen LogP contribution in [0.1, 0.15) is 5.56 Å². The normalized spacial score (nSPS) is 13.0. The smallest absolute Gasteiger partial charge is 0.225 e. The van der Waals surface area contributed by atoms with E-state index in [0.29, 0.717) is 0 Å². The minimum absolute atomic E-state index is 0.